The van der Waals surface area contributed by atoms with Crippen molar-refractivity contribution in [2.45, 2.75) is 19.9 Å². The molecule has 3 aromatic rings. The van der Waals surface area contributed by atoms with E-state index >= 15 is 0 Å². The van der Waals surface area contributed by atoms with Crippen molar-refractivity contribution in [1.29, 1.82) is 0 Å². The van der Waals surface area contributed by atoms with Crippen molar-refractivity contribution in [3.05, 3.63) is 53.9 Å². The number of rotatable bonds is 3. The SMILES string of the molecule is Cc1cn2cc(NC(=O)c3ccc(N4CCN[C@H](C)C4)cc3F)ncc2n1. The third-order valence-electron chi connectivity index (χ3n) is 4.63. The van der Waals surface area contributed by atoms with Gasteiger partial charge >= 0.3 is 0 Å². The minimum atomic E-state index is -0.546. The number of anilines is 2. The van der Waals surface area contributed by atoms with Crippen LogP contribution in [0.1, 0.15) is 23.0 Å². The number of imidazole rings is 1. The normalized spacial score (nSPS) is 17.3. The first-order valence-corrected chi connectivity index (χ1v) is 8.90. The lowest BCUT2D eigenvalue weighted by Gasteiger charge is -2.33. The maximum Gasteiger partial charge on any atom is 0.259 e. The first-order chi connectivity index (χ1) is 13.0. The highest BCUT2D eigenvalue weighted by molar-refractivity contribution is 6.04. The van der Waals surface area contributed by atoms with Gasteiger partial charge in [0.1, 0.15) is 11.6 Å². The molecular formula is C19H21FN6O. The summed E-state index contributed by atoms with van der Waals surface area (Å²) in [6.45, 7) is 6.44. The van der Waals surface area contributed by atoms with Crippen LogP contribution < -0.4 is 15.5 Å². The van der Waals surface area contributed by atoms with Crippen molar-refractivity contribution < 1.29 is 9.18 Å². The van der Waals surface area contributed by atoms with Crippen LogP contribution in [0.4, 0.5) is 15.9 Å². The number of hydrogen-bond acceptors (Lipinski definition) is 5. The molecule has 1 atom stereocenters. The Bertz CT molecular complexity index is 1000. The number of piperazine rings is 1. The van der Waals surface area contributed by atoms with Crippen molar-refractivity contribution >= 4 is 23.1 Å². The van der Waals surface area contributed by atoms with Gasteiger partial charge in [-0.1, -0.05) is 0 Å². The van der Waals surface area contributed by atoms with E-state index in [4.69, 9.17) is 0 Å². The summed E-state index contributed by atoms with van der Waals surface area (Å²) in [5.41, 5.74) is 2.31. The molecule has 3 heterocycles. The Balaban J connectivity index is 1.52. The topological polar surface area (TPSA) is 74.6 Å². The Labute approximate surface area is 156 Å². The maximum absolute atomic E-state index is 14.6. The van der Waals surface area contributed by atoms with Crippen LogP contribution in [0.3, 0.4) is 0 Å². The van der Waals surface area contributed by atoms with Gasteiger partial charge in [0.25, 0.3) is 5.91 Å². The monoisotopic (exact) mass is 368 g/mol. The molecule has 1 aliphatic rings. The largest absolute Gasteiger partial charge is 0.369 e. The number of nitrogens with zero attached hydrogens (tertiary/aromatic N) is 4. The lowest BCUT2D eigenvalue weighted by Crippen LogP contribution is -2.49. The van der Waals surface area contributed by atoms with Gasteiger partial charge in [-0.15, -0.1) is 0 Å². The number of hydrogen-bond donors (Lipinski definition) is 2. The van der Waals surface area contributed by atoms with Crippen LogP contribution in [-0.4, -0.2) is 46.0 Å². The van der Waals surface area contributed by atoms with Crippen molar-refractivity contribution in [3.63, 3.8) is 0 Å². The van der Waals surface area contributed by atoms with Crippen molar-refractivity contribution in [1.82, 2.24) is 19.7 Å². The second-order valence-electron chi connectivity index (χ2n) is 6.84. The van der Waals surface area contributed by atoms with Gasteiger partial charge in [0.05, 0.1) is 23.7 Å². The zero-order valence-electron chi connectivity index (χ0n) is 15.2. The van der Waals surface area contributed by atoms with Crippen LogP contribution >= 0.6 is 0 Å². The van der Waals surface area contributed by atoms with Gasteiger partial charge < -0.3 is 19.9 Å². The van der Waals surface area contributed by atoms with E-state index < -0.39 is 11.7 Å². The average molecular weight is 368 g/mol. The molecule has 4 rings (SSSR count). The Morgan fingerprint density at radius 3 is 3.00 bits per heavy atom. The molecular weight excluding hydrogens is 347 g/mol. The molecule has 8 heteroatoms. The Morgan fingerprint density at radius 1 is 1.37 bits per heavy atom. The molecule has 0 aliphatic carbocycles. The average Bonchev–Trinajstić information content (AvgIpc) is 3.00. The first kappa shape index (κ1) is 17.4. The Morgan fingerprint density at radius 2 is 2.22 bits per heavy atom. The fourth-order valence-electron chi connectivity index (χ4n) is 3.33. The number of aromatic nitrogens is 3. The summed E-state index contributed by atoms with van der Waals surface area (Å²) in [5.74, 6) is -0.739. The zero-order valence-corrected chi connectivity index (χ0v) is 15.2. The van der Waals surface area contributed by atoms with Crippen molar-refractivity contribution in [2.75, 3.05) is 29.9 Å². The van der Waals surface area contributed by atoms with Crippen LogP contribution in [0.15, 0.2) is 36.8 Å². The fourth-order valence-corrected chi connectivity index (χ4v) is 3.33. The maximum atomic E-state index is 14.6. The molecule has 7 nitrogen and oxygen atoms in total. The molecule has 0 spiro atoms. The number of benzene rings is 1. The standard InChI is InChI=1S/C19H21FN6O/c1-12-9-25(6-5-21-12)14-3-4-15(16(20)7-14)19(27)24-17-11-26-10-13(2)23-18(26)8-22-17/h3-4,7-8,10-12,21H,5-6,9H2,1-2H3,(H,24,27)/t12-/m1/s1. The molecule has 0 saturated carbocycles. The third-order valence-corrected chi connectivity index (χ3v) is 4.63. The van der Waals surface area contributed by atoms with Crippen LogP contribution in [-0.2, 0) is 0 Å². The van der Waals surface area contributed by atoms with Gasteiger partial charge in [0, 0.05) is 37.6 Å². The predicted octanol–water partition coefficient (Wildman–Crippen LogP) is 2.23. The van der Waals surface area contributed by atoms with Gasteiger partial charge in [0.15, 0.2) is 5.65 Å². The molecule has 1 aromatic carbocycles. The van der Waals surface area contributed by atoms with E-state index in [1.165, 1.54) is 12.1 Å². The smallest absolute Gasteiger partial charge is 0.259 e. The van der Waals surface area contributed by atoms with Gasteiger partial charge in [-0.3, -0.25) is 4.79 Å². The summed E-state index contributed by atoms with van der Waals surface area (Å²) in [4.78, 5) is 23.0. The van der Waals surface area contributed by atoms with E-state index in [9.17, 15) is 9.18 Å². The van der Waals surface area contributed by atoms with Gasteiger partial charge in [0.2, 0.25) is 0 Å². The third kappa shape index (κ3) is 3.61. The lowest BCUT2D eigenvalue weighted by molar-refractivity contribution is 0.102. The molecule has 1 saturated heterocycles. The fraction of sp³-hybridized carbons (Fsp3) is 0.316. The summed E-state index contributed by atoms with van der Waals surface area (Å²) in [5, 5.41) is 6.00. The molecule has 140 valence electrons. The molecule has 0 unspecified atom stereocenters. The van der Waals surface area contributed by atoms with E-state index in [1.807, 2.05) is 13.1 Å². The number of carbonyl (C=O) groups excluding carboxylic acids is 1. The molecule has 1 aliphatic heterocycles. The van der Waals surface area contributed by atoms with E-state index in [2.05, 4.69) is 32.4 Å². The quantitative estimate of drug-likeness (QED) is 0.742. The Hall–Kier alpha value is -3.00. The van der Waals surface area contributed by atoms with E-state index in [0.29, 0.717) is 17.5 Å². The summed E-state index contributed by atoms with van der Waals surface area (Å²) in [6.07, 6.45) is 5.05. The van der Waals surface area contributed by atoms with Crippen LogP contribution in [0.5, 0.6) is 0 Å². The number of halogens is 1. The Kier molecular flexibility index (Phi) is 4.49. The van der Waals surface area contributed by atoms with Crippen molar-refractivity contribution in [2.24, 2.45) is 0 Å². The number of nitrogens with one attached hydrogen (secondary N) is 2. The van der Waals surface area contributed by atoms with Gasteiger partial charge in [-0.05, 0) is 32.0 Å². The molecule has 1 amide bonds. The number of carbonyl (C=O) groups is 1. The summed E-state index contributed by atoms with van der Waals surface area (Å²) in [7, 11) is 0. The first-order valence-electron chi connectivity index (χ1n) is 8.90. The van der Waals surface area contributed by atoms with E-state index in [-0.39, 0.29) is 5.56 Å². The van der Waals surface area contributed by atoms with Crippen molar-refractivity contribution in [3.8, 4) is 0 Å². The highest BCUT2D eigenvalue weighted by Gasteiger charge is 2.19. The highest BCUT2D eigenvalue weighted by atomic mass is 19.1. The number of fused-ring (bicyclic) bond motifs is 1. The zero-order chi connectivity index (χ0) is 19.0. The number of amides is 1. The van der Waals surface area contributed by atoms with Crippen LogP contribution in [0.25, 0.3) is 5.65 Å². The minimum absolute atomic E-state index is 0.00867. The van der Waals surface area contributed by atoms with Gasteiger partial charge in [-0.2, -0.15) is 0 Å². The van der Waals surface area contributed by atoms with Crippen LogP contribution in [0.2, 0.25) is 0 Å². The lowest BCUT2D eigenvalue weighted by atomic mass is 10.1. The molecule has 2 N–H and O–H groups in total. The minimum Gasteiger partial charge on any atom is -0.369 e. The summed E-state index contributed by atoms with van der Waals surface area (Å²) in [6, 6.07) is 5.07. The second-order valence-corrected chi connectivity index (χ2v) is 6.84. The van der Waals surface area contributed by atoms with E-state index in [1.54, 1.807) is 22.9 Å². The van der Waals surface area contributed by atoms with Gasteiger partial charge in [-0.25, -0.2) is 14.4 Å². The second kappa shape index (κ2) is 6.96. The van der Waals surface area contributed by atoms with E-state index in [0.717, 1.165) is 31.0 Å². The molecule has 1 fully saturated rings. The molecule has 27 heavy (non-hydrogen) atoms. The highest BCUT2D eigenvalue weighted by Crippen LogP contribution is 2.21. The molecule has 0 radical (unpaired) electrons. The molecule has 0 bridgehead atoms. The summed E-state index contributed by atoms with van der Waals surface area (Å²) >= 11 is 0. The number of aryl methyl sites for hydroxylation is 1. The summed E-state index contributed by atoms with van der Waals surface area (Å²) < 4.78 is 16.3. The molecule has 2 aromatic heterocycles. The predicted molar refractivity (Wildman–Crippen MR) is 102 cm³/mol. The van der Waals surface area contributed by atoms with Crippen LogP contribution in [0, 0.1) is 12.7 Å².